The van der Waals surface area contributed by atoms with Gasteiger partial charge in [-0.2, -0.15) is 5.10 Å². The first-order valence-electron chi connectivity index (χ1n) is 9.26. The van der Waals surface area contributed by atoms with Gasteiger partial charge in [-0.15, -0.1) is 0 Å². The molecule has 1 fully saturated rings. The first-order chi connectivity index (χ1) is 12.3. The van der Waals surface area contributed by atoms with Gasteiger partial charge in [-0.3, -0.25) is 4.68 Å². The Bertz CT molecular complexity index is 783. The molecule has 1 aromatic heterocycles. The molecule has 26 heavy (non-hydrogen) atoms. The normalized spacial score (nSPS) is 16.1. The summed E-state index contributed by atoms with van der Waals surface area (Å²) in [5, 5.41) is 5.83. The number of amides is 1. The van der Waals surface area contributed by atoms with Crippen LogP contribution >= 0.6 is 0 Å². The number of carbonyl (C=O) groups is 1. The number of likely N-dealkylation sites (tertiary alicyclic amines) is 1. The summed E-state index contributed by atoms with van der Waals surface area (Å²) in [6.07, 6.45) is 1.72. The largest absolute Gasteiger partial charge is 0.496 e. The van der Waals surface area contributed by atoms with Crippen molar-refractivity contribution >= 4 is 17.0 Å². The monoisotopic (exact) mass is 359 g/mol. The van der Waals surface area contributed by atoms with Crippen LogP contribution in [0.5, 0.6) is 5.75 Å². The molecule has 0 atom stereocenters. The Morgan fingerprint density at radius 1 is 1.27 bits per heavy atom. The third kappa shape index (κ3) is 3.94. The summed E-state index contributed by atoms with van der Waals surface area (Å²) in [4.78, 5) is 14.0. The average Bonchev–Trinajstić information content (AvgIpc) is 2.90. The Labute approximate surface area is 155 Å². The van der Waals surface area contributed by atoms with Gasteiger partial charge in [0.15, 0.2) is 0 Å². The minimum absolute atomic E-state index is 0.207. The fraction of sp³-hybridized carbons (Fsp3) is 0.600. The summed E-state index contributed by atoms with van der Waals surface area (Å²) in [6.45, 7) is 10.1. The van der Waals surface area contributed by atoms with Gasteiger partial charge in [0.1, 0.15) is 11.4 Å². The maximum Gasteiger partial charge on any atom is 0.410 e. The van der Waals surface area contributed by atoms with Gasteiger partial charge in [0.2, 0.25) is 0 Å². The van der Waals surface area contributed by atoms with Gasteiger partial charge in [0.05, 0.1) is 18.0 Å². The van der Waals surface area contributed by atoms with Crippen molar-refractivity contribution in [2.75, 3.05) is 20.2 Å². The number of methoxy groups -OCH3 is 1. The van der Waals surface area contributed by atoms with Crippen LogP contribution in [-0.2, 0) is 11.3 Å². The van der Waals surface area contributed by atoms with Crippen LogP contribution < -0.4 is 4.74 Å². The quantitative estimate of drug-likeness (QED) is 0.831. The van der Waals surface area contributed by atoms with E-state index in [0.29, 0.717) is 5.92 Å². The van der Waals surface area contributed by atoms with E-state index in [-0.39, 0.29) is 6.09 Å². The van der Waals surface area contributed by atoms with Gasteiger partial charge in [0.25, 0.3) is 0 Å². The second-order valence-electron chi connectivity index (χ2n) is 8.03. The molecule has 2 aromatic rings. The molecule has 6 nitrogen and oxygen atoms in total. The van der Waals surface area contributed by atoms with Gasteiger partial charge in [-0.05, 0) is 58.6 Å². The molecular weight excluding hydrogens is 330 g/mol. The molecule has 3 rings (SSSR count). The molecular formula is C20H29N3O3. The zero-order valence-corrected chi connectivity index (χ0v) is 16.4. The molecule has 0 unspecified atom stereocenters. The fourth-order valence-electron chi connectivity index (χ4n) is 3.52. The molecule has 1 aliphatic heterocycles. The predicted octanol–water partition coefficient (Wildman–Crippen LogP) is 4.00. The summed E-state index contributed by atoms with van der Waals surface area (Å²) >= 11 is 0. The van der Waals surface area contributed by atoms with E-state index in [4.69, 9.17) is 14.6 Å². The average molecular weight is 359 g/mol. The second kappa shape index (κ2) is 7.17. The van der Waals surface area contributed by atoms with E-state index in [2.05, 4.69) is 11.6 Å². The third-order valence-electron chi connectivity index (χ3n) is 4.90. The van der Waals surface area contributed by atoms with Crippen molar-refractivity contribution in [3.05, 3.63) is 23.9 Å². The number of aryl methyl sites for hydroxylation is 1. The first kappa shape index (κ1) is 18.5. The number of hydrogen-bond acceptors (Lipinski definition) is 4. The van der Waals surface area contributed by atoms with Crippen LogP contribution in [0.2, 0.25) is 0 Å². The van der Waals surface area contributed by atoms with E-state index in [1.165, 1.54) is 0 Å². The van der Waals surface area contributed by atoms with E-state index in [1.54, 1.807) is 7.11 Å². The lowest BCUT2D eigenvalue weighted by molar-refractivity contribution is 0.0177. The minimum atomic E-state index is -0.445. The van der Waals surface area contributed by atoms with Gasteiger partial charge < -0.3 is 14.4 Å². The molecule has 2 heterocycles. The van der Waals surface area contributed by atoms with Crippen molar-refractivity contribution in [1.29, 1.82) is 0 Å². The molecule has 0 N–H and O–H groups in total. The number of carbonyl (C=O) groups excluding carboxylic acids is 1. The van der Waals surface area contributed by atoms with E-state index >= 15 is 0 Å². The summed E-state index contributed by atoms with van der Waals surface area (Å²) in [5.74, 6) is 1.37. The fourth-order valence-corrected chi connectivity index (χ4v) is 3.52. The van der Waals surface area contributed by atoms with Crippen molar-refractivity contribution < 1.29 is 14.3 Å². The third-order valence-corrected chi connectivity index (χ3v) is 4.90. The highest BCUT2D eigenvalue weighted by atomic mass is 16.6. The molecule has 0 spiro atoms. The highest BCUT2D eigenvalue weighted by Crippen LogP contribution is 2.29. The number of piperidine rings is 1. The van der Waals surface area contributed by atoms with Crippen LogP contribution in [0.15, 0.2) is 18.2 Å². The van der Waals surface area contributed by atoms with E-state index < -0.39 is 5.60 Å². The molecule has 1 aliphatic rings. The number of aromatic nitrogens is 2. The minimum Gasteiger partial charge on any atom is -0.496 e. The molecule has 0 saturated carbocycles. The molecule has 1 saturated heterocycles. The number of rotatable bonds is 3. The van der Waals surface area contributed by atoms with Crippen LogP contribution in [-0.4, -0.2) is 46.6 Å². The van der Waals surface area contributed by atoms with E-state index in [1.807, 2.05) is 43.9 Å². The highest BCUT2D eigenvalue weighted by Gasteiger charge is 2.27. The van der Waals surface area contributed by atoms with Crippen LogP contribution in [0.1, 0.15) is 39.3 Å². The van der Waals surface area contributed by atoms with Crippen LogP contribution in [0.4, 0.5) is 4.79 Å². The molecule has 1 aromatic carbocycles. The maximum absolute atomic E-state index is 12.2. The standard InChI is InChI=1S/C20H29N3O3/c1-14-18-16(7-6-8-17(18)25-5)21-23(14)13-15-9-11-22(12-10-15)19(24)26-20(2,3)4/h6-8,15H,9-13H2,1-5H3. The zero-order valence-electron chi connectivity index (χ0n) is 16.4. The summed E-state index contributed by atoms with van der Waals surface area (Å²) in [6, 6.07) is 5.96. The van der Waals surface area contributed by atoms with E-state index in [9.17, 15) is 4.79 Å². The van der Waals surface area contributed by atoms with Crippen molar-refractivity contribution in [3.8, 4) is 5.75 Å². The zero-order chi connectivity index (χ0) is 18.9. The van der Waals surface area contributed by atoms with Crippen LogP contribution in [0.25, 0.3) is 10.9 Å². The molecule has 1 amide bonds. The summed E-state index contributed by atoms with van der Waals surface area (Å²) in [5.41, 5.74) is 1.65. The number of ether oxygens (including phenoxy) is 2. The lowest BCUT2D eigenvalue weighted by Crippen LogP contribution is -2.42. The second-order valence-corrected chi connectivity index (χ2v) is 8.03. The smallest absolute Gasteiger partial charge is 0.410 e. The topological polar surface area (TPSA) is 56.6 Å². The van der Waals surface area contributed by atoms with Crippen LogP contribution in [0, 0.1) is 12.8 Å². The molecule has 0 radical (unpaired) electrons. The Morgan fingerprint density at radius 3 is 2.58 bits per heavy atom. The molecule has 0 bridgehead atoms. The molecule has 142 valence electrons. The lowest BCUT2D eigenvalue weighted by Gasteiger charge is -2.33. The number of hydrogen-bond donors (Lipinski definition) is 0. The number of benzene rings is 1. The van der Waals surface area contributed by atoms with Gasteiger partial charge in [-0.1, -0.05) is 6.07 Å². The molecule has 6 heteroatoms. The summed E-state index contributed by atoms with van der Waals surface area (Å²) in [7, 11) is 1.69. The summed E-state index contributed by atoms with van der Waals surface area (Å²) < 4.78 is 13.0. The number of fused-ring (bicyclic) bond motifs is 1. The van der Waals surface area contributed by atoms with Crippen molar-refractivity contribution in [2.24, 2.45) is 5.92 Å². The lowest BCUT2D eigenvalue weighted by atomic mass is 9.97. The first-order valence-corrected chi connectivity index (χ1v) is 9.26. The Balaban J connectivity index is 1.64. The Hall–Kier alpha value is -2.24. The van der Waals surface area contributed by atoms with Crippen molar-refractivity contribution in [1.82, 2.24) is 14.7 Å². The van der Waals surface area contributed by atoms with Gasteiger partial charge in [-0.25, -0.2) is 4.79 Å². The molecule has 0 aliphatic carbocycles. The predicted molar refractivity (Wildman–Crippen MR) is 102 cm³/mol. The van der Waals surface area contributed by atoms with Gasteiger partial charge in [0, 0.05) is 25.3 Å². The van der Waals surface area contributed by atoms with Crippen LogP contribution in [0.3, 0.4) is 0 Å². The van der Waals surface area contributed by atoms with Crippen molar-refractivity contribution in [2.45, 2.75) is 52.7 Å². The Morgan fingerprint density at radius 2 is 1.96 bits per heavy atom. The SMILES string of the molecule is COc1cccc2nn(CC3CCN(C(=O)OC(C)(C)C)CC3)c(C)c12. The number of nitrogens with zero attached hydrogens (tertiary/aromatic N) is 3. The van der Waals surface area contributed by atoms with Crippen molar-refractivity contribution in [3.63, 3.8) is 0 Å². The maximum atomic E-state index is 12.2. The highest BCUT2D eigenvalue weighted by molar-refractivity contribution is 5.87. The Kier molecular flexibility index (Phi) is 5.12. The van der Waals surface area contributed by atoms with Gasteiger partial charge >= 0.3 is 6.09 Å². The van der Waals surface area contributed by atoms with E-state index in [0.717, 1.165) is 54.8 Å².